The van der Waals surface area contributed by atoms with Gasteiger partial charge in [-0.25, -0.2) is 0 Å². The molecule has 1 saturated heterocycles. The Labute approximate surface area is 149 Å². The van der Waals surface area contributed by atoms with Gasteiger partial charge in [0.1, 0.15) is 5.75 Å². The van der Waals surface area contributed by atoms with Crippen LogP contribution in [-0.2, 0) is 11.3 Å². The van der Waals surface area contributed by atoms with Crippen LogP contribution in [0.3, 0.4) is 0 Å². The smallest absolute Gasteiger partial charge is 0.234 e. The average molecular weight is 362 g/mol. The fourth-order valence-electron chi connectivity index (χ4n) is 2.77. The number of nitrogens with zero attached hydrogens (tertiary/aromatic N) is 1. The number of methoxy groups -OCH3 is 1. The molecule has 2 N–H and O–H groups in total. The van der Waals surface area contributed by atoms with Gasteiger partial charge in [0, 0.05) is 29.7 Å². The van der Waals surface area contributed by atoms with Gasteiger partial charge >= 0.3 is 0 Å². The van der Waals surface area contributed by atoms with E-state index in [0.29, 0.717) is 24.2 Å². The van der Waals surface area contributed by atoms with Gasteiger partial charge in [0.15, 0.2) is 0 Å². The second kappa shape index (κ2) is 9.98. The molecule has 1 fully saturated rings. The molecule has 0 spiro atoms. The van der Waals surface area contributed by atoms with E-state index in [1.165, 1.54) is 6.42 Å². The van der Waals surface area contributed by atoms with E-state index in [-0.39, 0.29) is 18.3 Å². The van der Waals surface area contributed by atoms with Crippen LogP contribution in [0.1, 0.15) is 18.4 Å². The molecule has 0 aromatic heterocycles. The van der Waals surface area contributed by atoms with Crippen LogP contribution in [0.4, 0.5) is 0 Å². The van der Waals surface area contributed by atoms with Crippen molar-refractivity contribution >= 4 is 29.9 Å². The summed E-state index contributed by atoms with van der Waals surface area (Å²) in [6.45, 7) is 2.75. The second-order valence-corrected chi connectivity index (χ2v) is 6.03. The van der Waals surface area contributed by atoms with Crippen molar-refractivity contribution in [1.29, 1.82) is 0 Å². The van der Waals surface area contributed by atoms with Gasteiger partial charge in [-0.1, -0.05) is 11.6 Å². The van der Waals surface area contributed by atoms with E-state index in [2.05, 4.69) is 15.5 Å². The molecule has 1 amide bonds. The molecule has 7 heteroatoms. The highest BCUT2D eigenvalue weighted by atomic mass is 35.5. The van der Waals surface area contributed by atoms with Crippen LogP contribution >= 0.6 is 24.0 Å². The van der Waals surface area contributed by atoms with E-state index in [9.17, 15) is 4.79 Å². The fourth-order valence-corrected chi connectivity index (χ4v) is 2.97. The summed E-state index contributed by atoms with van der Waals surface area (Å²) < 4.78 is 5.28. The molecular formula is C16H25Cl2N3O2. The minimum atomic E-state index is 0. The fraction of sp³-hybridized carbons (Fsp3) is 0.562. The Morgan fingerprint density at radius 3 is 2.96 bits per heavy atom. The number of piperidine rings is 1. The first kappa shape index (κ1) is 20.0. The number of likely N-dealkylation sites (tertiary alicyclic amines) is 1. The number of amides is 1. The molecule has 1 aromatic carbocycles. The number of likely N-dealkylation sites (N-methyl/N-ethyl adjacent to an activating group) is 1. The number of hydrogen-bond donors (Lipinski definition) is 2. The Hall–Kier alpha value is -1.01. The molecule has 0 saturated carbocycles. The van der Waals surface area contributed by atoms with Gasteiger partial charge in [-0.15, -0.1) is 12.4 Å². The molecule has 1 atom stereocenters. The van der Waals surface area contributed by atoms with Gasteiger partial charge in [0.2, 0.25) is 5.91 Å². The van der Waals surface area contributed by atoms with Crippen LogP contribution in [0.15, 0.2) is 18.2 Å². The highest BCUT2D eigenvalue weighted by Crippen LogP contribution is 2.22. The van der Waals surface area contributed by atoms with Crippen LogP contribution in [-0.4, -0.2) is 50.6 Å². The van der Waals surface area contributed by atoms with Crippen molar-refractivity contribution in [2.45, 2.75) is 25.4 Å². The van der Waals surface area contributed by atoms with E-state index in [1.54, 1.807) is 13.2 Å². The molecular weight excluding hydrogens is 337 g/mol. The maximum Gasteiger partial charge on any atom is 0.234 e. The number of hydrogen-bond acceptors (Lipinski definition) is 4. The monoisotopic (exact) mass is 361 g/mol. The number of ether oxygens (including phenoxy) is 1. The summed E-state index contributed by atoms with van der Waals surface area (Å²) in [4.78, 5) is 14.3. The Balaban J connectivity index is 0.00000264. The first-order valence-electron chi connectivity index (χ1n) is 7.61. The Kier molecular flexibility index (Phi) is 8.69. The normalized spacial score (nSPS) is 18.1. The largest absolute Gasteiger partial charge is 0.496 e. The second-order valence-electron chi connectivity index (χ2n) is 5.60. The summed E-state index contributed by atoms with van der Waals surface area (Å²) in [5.41, 5.74) is 0.884. The third-order valence-electron chi connectivity index (χ3n) is 4.00. The topological polar surface area (TPSA) is 53.6 Å². The molecule has 2 rings (SSSR count). The quantitative estimate of drug-likeness (QED) is 0.814. The zero-order valence-corrected chi connectivity index (χ0v) is 15.2. The van der Waals surface area contributed by atoms with Crippen molar-refractivity contribution in [3.63, 3.8) is 0 Å². The first-order chi connectivity index (χ1) is 10.6. The van der Waals surface area contributed by atoms with Gasteiger partial charge < -0.3 is 15.4 Å². The third-order valence-corrected chi connectivity index (χ3v) is 4.23. The number of carbonyl (C=O) groups is 1. The van der Waals surface area contributed by atoms with Crippen LogP contribution in [0.5, 0.6) is 5.75 Å². The van der Waals surface area contributed by atoms with Crippen molar-refractivity contribution in [3.8, 4) is 5.75 Å². The van der Waals surface area contributed by atoms with E-state index in [4.69, 9.17) is 16.3 Å². The number of carbonyl (C=O) groups excluding carboxylic acids is 1. The number of rotatable bonds is 6. The highest BCUT2D eigenvalue weighted by Gasteiger charge is 2.20. The zero-order chi connectivity index (χ0) is 15.9. The van der Waals surface area contributed by atoms with Crippen LogP contribution in [0.25, 0.3) is 0 Å². The molecule has 1 aliphatic rings. The summed E-state index contributed by atoms with van der Waals surface area (Å²) in [6.07, 6.45) is 2.30. The summed E-state index contributed by atoms with van der Waals surface area (Å²) in [7, 11) is 3.58. The van der Waals surface area contributed by atoms with E-state index >= 15 is 0 Å². The minimum absolute atomic E-state index is 0. The minimum Gasteiger partial charge on any atom is -0.496 e. The number of nitrogens with one attached hydrogen (secondary N) is 2. The molecule has 1 heterocycles. The standard InChI is InChI=1S/C16H24ClN3O2.ClH/c1-18-14-4-3-7-20(10-14)11-16(21)19-9-12-8-13(17)5-6-15(12)22-2;/h5-6,8,14,18H,3-4,7,9-11H2,1-2H3,(H,19,21);1H. The SMILES string of the molecule is CNC1CCCN(CC(=O)NCc2cc(Cl)ccc2OC)C1.Cl. The predicted octanol–water partition coefficient (Wildman–Crippen LogP) is 2.07. The van der Waals surface area contributed by atoms with Crippen LogP contribution in [0, 0.1) is 0 Å². The van der Waals surface area contributed by atoms with E-state index in [0.717, 1.165) is 30.8 Å². The van der Waals surface area contributed by atoms with Gasteiger partial charge in [-0.05, 0) is 44.6 Å². The van der Waals surface area contributed by atoms with E-state index < -0.39 is 0 Å². The Bertz CT molecular complexity index is 514. The number of benzene rings is 1. The first-order valence-corrected chi connectivity index (χ1v) is 7.99. The zero-order valence-electron chi connectivity index (χ0n) is 13.6. The maximum absolute atomic E-state index is 12.1. The van der Waals surface area contributed by atoms with E-state index in [1.807, 2.05) is 19.2 Å². The van der Waals surface area contributed by atoms with Gasteiger partial charge in [0.05, 0.1) is 13.7 Å². The van der Waals surface area contributed by atoms with Gasteiger partial charge in [-0.3, -0.25) is 9.69 Å². The van der Waals surface area contributed by atoms with Crippen molar-refractivity contribution < 1.29 is 9.53 Å². The molecule has 1 aliphatic heterocycles. The van der Waals surface area contributed by atoms with Gasteiger partial charge in [-0.2, -0.15) is 0 Å². The summed E-state index contributed by atoms with van der Waals surface area (Å²) in [6, 6.07) is 5.89. The van der Waals surface area contributed by atoms with Crippen LogP contribution < -0.4 is 15.4 Å². The molecule has 1 aromatic rings. The number of halogens is 2. The molecule has 0 bridgehead atoms. The predicted molar refractivity (Wildman–Crippen MR) is 95.6 cm³/mol. The lowest BCUT2D eigenvalue weighted by molar-refractivity contribution is -0.122. The highest BCUT2D eigenvalue weighted by molar-refractivity contribution is 6.30. The lowest BCUT2D eigenvalue weighted by Crippen LogP contribution is -2.47. The summed E-state index contributed by atoms with van der Waals surface area (Å²) >= 11 is 5.99. The third kappa shape index (κ3) is 6.18. The summed E-state index contributed by atoms with van der Waals surface area (Å²) in [5.74, 6) is 0.761. The Morgan fingerprint density at radius 1 is 1.48 bits per heavy atom. The van der Waals surface area contributed by atoms with Crippen LogP contribution in [0.2, 0.25) is 5.02 Å². The van der Waals surface area contributed by atoms with Crippen molar-refractivity contribution in [3.05, 3.63) is 28.8 Å². The molecule has 23 heavy (non-hydrogen) atoms. The molecule has 0 aliphatic carbocycles. The average Bonchev–Trinajstić information content (AvgIpc) is 2.53. The summed E-state index contributed by atoms with van der Waals surface area (Å²) in [5, 5.41) is 6.86. The van der Waals surface area contributed by atoms with Crippen molar-refractivity contribution in [2.24, 2.45) is 0 Å². The molecule has 130 valence electrons. The Morgan fingerprint density at radius 2 is 2.26 bits per heavy atom. The lowest BCUT2D eigenvalue weighted by atomic mass is 10.1. The van der Waals surface area contributed by atoms with Crippen molar-refractivity contribution in [2.75, 3.05) is 33.8 Å². The molecule has 1 unspecified atom stereocenters. The maximum atomic E-state index is 12.1. The molecule has 5 nitrogen and oxygen atoms in total. The molecule has 0 radical (unpaired) electrons. The lowest BCUT2D eigenvalue weighted by Gasteiger charge is -2.31. The van der Waals surface area contributed by atoms with Gasteiger partial charge in [0.25, 0.3) is 0 Å². The van der Waals surface area contributed by atoms with Crippen molar-refractivity contribution in [1.82, 2.24) is 15.5 Å².